The summed E-state index contributed by atoms with van der Waals surface area (Å²) in [5.74, 6) is 1.59. The van der Waals surface area contributed by atoms with E-state index in [1.54, 1.807) is 0 Å². The van der Waals surface area contributed by atoms with E-state index in [2.05, 4.69) is 0 Å². The third kappa shape index (κ3) is 3.26. The number of hydrogen-bond donors (Lipinski definition) is 1. The normalized spacial score (nSPS) is 9.86. The zero-order valence-corrected chi connectivity index (χ0v) is 8.53. The Balaban J connectivity index is 2.55. The van der Waals surface area contributed by atoms with Crippen molar-refractivity contribution in [2.24, 2.45) is 5.73 Å². The maximum absolute atomic E-state index is 5.53. The van der Waals surface area contributed by atoms with Crippen LogP contribution in [0.3, 0.4) is 0 Å². The molecule has 2 N–H and O–H groups in total. The molecule has 1 rings (SSSR count). The average molecular weight is 195 g/mol. The van der Waals surface area contributed by atoms with Gasteiger partial charge in [0.1, 0.15) is 0 Å². The summed E-state index contributed by atoms with van der Waals surface area (Å²) in [6.07, 6.45) is 0.862. The van der Waals surface area contributed by atoms with Gasteiger partial charge in [0.05, 0.1) is 13.2 Å². The maximum Gasteiger partial charge on any atom is 0.161 e. The maximum atomic E-state index is 5.53. The van der Waals surface area contributed by atoms with Gasteiger partial charge in [-0.2, -0.15) is 0 Å². The summed E-state index contributed by atoms with van der Waals surface area (Å²) in [6, 6.07) is 7.67. The van der Waals surface area contributed by atoms with Crippen molar-refractivity contribution in [2.45, 2.75) is 13.3 Å². The van der Waals surface area contributed by atoms with Crippen molar-refractivity contribution in [1.29, 1.82) is 0 Å². The van der Waals surface area contributed by atoms with Gasteiger partial charge in [-0.15, -0.1) is 0 Å². The van der Waals surface area contributed by atoms with Crippen LogP contribution in [0.1, 0.15) is 13.3 Å². The van der Waals surface area contributed by atoms with Crippen LogP contribution in [0.15, 0.2) is 24.3 Å². The minimum atomic E-state index is 0.639. The molecule has 0 unspecified atom stereocenters. The number of ether oxygens (including phenoxy) is 2. The SMILES string of the molecule is CCOc1ccccc1OCCCN. The predicted molar refractivity (Wildman–Crippen MR) is 56.8 cm³/mol. The first-order chi connectivity index (χ1) is 6.88. The highest BCUT2D eigenvalue weighted by atomic mass is 16.5. The van der Waals surface area contributed by atoms with E-state index < -0.39 is 0 Å². The largest absolute Gasteiger partial charge is 0.490 e. The molecule has 0 atom stereocenters. The number of benzene rings is 1. The van der Waals surface area contributed by atoms with Crippen molar-refractivity contribution in [1.82, 2.24) is 0 Å². The Hall–Kier alpha value is -1.22. The van der Waals surface area contributed by atoms with E-state index in [4.69, 9.17) is 15.2 Å². The molecule has 3 heteroatoms. The van der Waals surface area contributed by atoms with Crippen LogP contribution < -0.4 is 15.2 Å². The summed E-state index contributed by atoms with van der Waals surface area (Å²) in [4.78, 5) is 0. The molecule has 0 aromatic heterocycles. The lowest BCUT2D eigenvalue weighted by Gasteiger charge is -2.10. The van der Waals surface area contributed by atoms with Crippen molar-refractivity contribution < 1.29 is 9.47 Å². The molecule has 0 bridgehead atoms. The number of nitrogens with two attached hydrogens (primary N) is 1. The summed E-state index contributed by atoms with van der Waals surface area (Å²) >= 11 is 0. The van der Waals surface area contributed by atoms with Crippen molar-refractivity contribution in [3.63, 3.8) is 0 Å². The Morgan fingerprint density at radius 3 is 2.36 bits per heavy atom. The first kappa shape index (κ1) is 10.9. The standard InChI is InChI=1S/C11H17NO2/c1-2-13-10-6-3-4-7-11(10)14-9-5-8-12/h3-4,6-7H,2,5,8-9,12H2,1H3. The highest BCUT2D eigenvalue weighted by molar-refractivity contribution is 5.39. The molecule has 0 aliphatic rings. The van der Waals surface area contributed by atoms with Gasteiger partial charge >= 0.3 is 0 Å². The van der Waals surface area contributed by atoms with E-state index in [1.807, 2.05) is 31.2 Å². The molecule has 0 fully saturated rings. The van der Waals surface area contributed by atoms with Crippen LogP contribution in [0.2, 0.25) is 0 Å². The van der Waals surface area contributed by atoms with E-state index >= 15 is 0 Å². The van der Waals surface area contributed by atoms with Gasteiger partial charge < -0.3 is 15.2 Å². The van der Waals surface area contributed by atoms with Gasteiger partial charge in [0.2, 0.25) is 0 Å². The van der Waals surface area contributed by atoms with E-state index in [0.29, 0.717) is 19.8 Å². The lowest BCUT2D eigenvalue weighted by molar-refractivity contribution is 0.275. The van der Waals surface area contributed by atoms with Gasteiger partial charge in [0, 0.05) is 0 Å². The molecule has 3 nitrogen and oxygen atoms in total. The second-order valence-electron chi connectivity index (χ2n) is 2.87. The zero-order valence-electron chi connectivity index (χ0n) is 8.53. The summed E-state index contributed by atoms with van der Waals surface area (Å²) in [5.41, 5.74) is 5.38. The van der Waals surface area contributed by atoms with Crippen LogP contribution in [0.5, 0.6) is 11.5 Å². The van der Waals surface area contributed by atoms with Gasteiger partial charge in [0.25, 0.3) is 0 Å². The fraction of sp³-hybridized carbons (Fsp3) is 0.455. The lowest BCUT2D eigenvalue weighted by atomic mass is 10.3. The first-order valence-electron chi connectivity index (χ1n) is 4.93. The zero-order chi connectivity index (χ0) is 10.2. The van der Waals surface area contributed by atoms with Gasteiger partial charge in [-0.3, -0.25) is 0 Å². The average Bonchev–Trinajstić information content (AvgIpc) is 2.21. The minimum Gasteiger partial charge on any atom is -0.490 e. The molecule has 0 radical (unpaired) electrons. The third-order valence-electron chi connectivity index (χ3n) is 1.76. The molecule has 1 aromatic carbocycles. The second kappa shape index (κ2) is 6.27. The summed E-state index contributed by atoms with van der Waals surface area (Å²) in [5, 5.41) is 0. The quantitative estimate of drug-likeness (QED) is 0.704. The van der Waals surface area contributed by atoms with Crippen LogP contribution >= 0.6 is 0 Å². The molecule has 0 saturated heterocycles. The molecule has 0 aliphatic heterocycles. The monoisotopic (exact) mass is 195 g/mol. The number of hydrogen-bond acceptors (Lipinski definition) is 3. The van der Waals surface area contributed by atoms with Gasteiger partial charge in [-0.25, -0.2) is 0 Å². The molecule has 0 amide bonds. The topological polar surface area (TPSA) is 44.5 Å². The van der Waals surface area contributed by atoms with E-state index in [9.17, 15) is 0 Å². The fourth-order valence-electron chi connectivity index (χ4n) is 1.11. The molecule has 0 aliphatic carbocycles. The molecule has 78 valence electrons. The molecule has 0 spiro atoms. The Bertz CT molecular complexity index is 263. The Morgan fingerprint density at radius 2 is 1.79 bits per heavy atom. The Morgan fingerprint density at radius 1 is 1.14 bits per heavy atom. The number of rotatable bonds is 6. The molecule has 0 saturated carbocycles. The van der Waals surface area contributed by atoms with Crippen LogP contribution in [-0.2, 0) is 0 Å². The van der Waals surface area contributed by atoms with Crippen LogP contribution in [0, 0.1) is 0 Å². The van der Waals surface area contributed by atoms with Gasteiger partial charge in [0.15, 0.2) is 11.5 Å². The van der Waals surface area contributed by atoms with Crippen LogP contribution in [-0.4, -0.2) is 19.8 Å². The summed E-state index contributed by atoms with van der Waals surface area (Å²) < 4.78 is 10.9. The summed E-state index contributed by atoms with van der Waals surface area (Å²) in [7, 11) is 0. The van der Waals surface area contributed by atoms with E-state index in [0.717, 1.165) is 17.9 Å². The van der Waals surface area contributed by atoms with Gasteiger partial charge in [-0.05, 0) is 32.0 Å². The Labute approximate surface area is 84.8 Å². The third-order valence-corrected chi connectivity index (χ3v) is 1.76. The van der Waals surface area contributed by atoms with Crippen molar-refractivity contribution >= 4 is 0 Å². The van der Waals surface area contributed by atoms with E-state index in [-0.39, 0.29) is 0 Å². The van der Waals surface area contributed by atoms with Crippen LogP contribution in [0.4, 0.5) is 0 Å². The molecule has 1 aromatic rings. The molecule has 0 heterocycles. The second-order valence-corrected chi connectivity index (χ2v) is 2.87. The van der Waals surface area contributed by atoms with Gasteiger partial charge in [-0.1, -0.05) is 12.1 Å². The highest BCUT2D eigenvalue weighted by Crippen LogP contribution is 2.26. The Kier molecular flexibility index (Phi) is 4.86. The molecular formula is C11H17NO2. The summed E-state index contributed by atoms with van der Waals surface area (Å²) in [6.45, 7) is 3.89. The predicted octanol–water partition coefficient (Wildman–Crippen LogP) is 1.81. The van der Waals surface area contributed by atoms with Crippen LogP contribution in [0.25, 0.3) is 0 Å². The fourth-order valence-corrected chi connectivity index (χ4v) is 1.11. The smallest absolute Gasteiger partial charge is 0.161 e. The first-order valence-corrected chi connectivity index (χ1v) is 4.93. The van der Waals surface area contributed by atoms with Crippen molar-refractivity contribution in [3.8, 4) is 11.5 Å². The van der Waals surface area contributed by atoms with E-state index in [1.165, 1.54) is 0 Å². The van der Waals surface area contributed by atoms with Crippen molar-refractivity contribution in [2.75, 3.05) is 19.8 Å². The van der Waals surface area contributed by atoms with Crippen molar-refractivity contribution in [3.05, 3.63) is 24.3 Å². The highest BCUT2D eigenvalue weighted by Gasteiger charge is 2.01. The minimum absolute atomic E-state index is 0.639. The number of para-hydroxylation sites is 2. The lowest BCUT2D eigenvalue weighted by Crippen LogP contribution is -2.06. The molecular weight excluding hydrogens is 178 g/mol. The molecule has 14 heavy (non-hydrogen) atoms.